The first-order valence-corrected chi connectivity index (χ1v) is 11.4. The van der Waals surface area contributed by atoms with Crippen LogP contribution >= 0.6 is 15.9 Å². The van der Waals surface area contributed by atoms with Crippen molar-refractivity contribution in [2.24, 2.45) is 0 Å². The number of non-ortho nitro benzene ring substituents is 1. The van der Waals surface area contributed by atoms with Crippen molar-refractivity contribution in [3.63, 3.8) is 0 Å². The molecule has 2 aliphatic heterocycles. The number of fused-ring (bicyclic) bond motifs is 3. The van der Waals surface area contributed by atoms with Crippen LogP contribution in [0.25, 0.3) is 11.0 Å². The molecule has 2 aliphatic rings. The highest BCUT2D eigenvalue weighted by Gasteiger charge is 2.43. The maximum atomic E-state index is 13.6. The van der Waals surface area contributed by atoms with Gasteiger partial charge in [0.15, 0.2) is 16.9 Å². The Labute approximate surface area is 205 Å². The maximum absolute atomic E-state index is 13.6. The number of carbonyl (C=O) groups is 1. The van der Waals surface area contributed by atoms with Crippen LogP contribution in [-0.2, 0) is 6.54 Å². The van der Waals surface area contributed by atoms with Gasteiger partial charge < -0.3 is 18.8 Å². The predicted octanol–water partition coefficient (Wildman–Crippen LogP) is 4.94. The summed E-state index contributed by atoms with van der Waals surface area (Å²) in [6.07, 6.45) is 0. The second kappa shape index (κ2) is 7.95. The first kappa shape index (κ1) is 21.4. The van der Waals surface area contributed by atoms with Crippen molar-refractivity contribution in [1.29, 1.82) is 0 Å². The molecule has 0 unspecified atom stereocenters. The van der Waals surface area contributed by atoms with Gasteiger partial charge in [0.25, 0.3) is 11.6 Å². The highest BCUT2D eigenvalue weighted by Crippen LogP contribution is 2.41. The fourth-order valence-corrected chi connectivity index (χ4v) is 4.91. The van der Waals surface area contributed by atoms with Crippen molar-refractivity contribution in [2.45, 2.75) is 12.6 Å². The monoisotopic (exact) mass is 534 g/mol. The van der Waals surface area contributed by atoms with Gasteiger partial charge in [0, 0.05) is 23.2 Å². The van der Waals surface area contributed by atoms with Crippen LogP contribution in [0, 0.1) is 10.1 Å². The van der Waals surface area contributed by atoms with Gasteiger partial charge in [0.05, 0.1) is 21.9 Å². The van der Waals surface area contributed by atoms with E-state index in [4.69, 9.17) is 13.9 Å². The highest BCUT2D eigenvalue weighted by molar-refractivity contribution is 9.10. The number of amides is 1. The average Bonchev–Trinajstić information content (AvgIpc) is 3.42. The molecule has 4 aromatic rings. The van der Waals surface area contributed by atoms with Crippen LogP contribution in [0.2, 0.25) is 0 Å². The zero-order valence-electron chi connectivity index (χ0n) is 17.9. The quantitative estimate of drug-likeness (QED) is 0.269. The molecule has 0 fully saturated rings. The van der Waals surface area contributed by atoms with Crippen molar-refractivity contribution >= 4 is 38.5 Å². The fraction of sp³-hybridized carbons (Fsp3) is 0.120. The summed E-state index contributed by atoms with van der Waals surface area (Å²) in [4.78, 5) is 39.7. The molecular weight excluding hydrogens is 520 g/mol. The van der Waals surface area contributed by atoms with Crippen LogP contribution < -0.4 is 14.9 Å². The van der Waals surface area contributed by atoms with Gasteiger partial charge in [-0.25, -0.2) is 0 Å². The van der Waals surface area contributed by atoms with Crippen molar-refractivity contribution < 1.29 is 23.6 Å². The third-order valence-electron chi connectivity index (χ3n) is 6.11. The Kier molecular flexibility index (Phi) is 4.85. The van der Waals surface area contributed by atoms with Crippen molar-refractivity contribution in [2.75, 3.05) is 6.79 Å². The van der Waals surface area contributed by atoms with E-state index in [0.717, 1.165) is 5.56 Å². The third kappa shape index (κ3) is 3.45. The number of nitro benzene ring substituents is 1. The molecule has 0 radical (unpaired) electrons. The molecule has 3 aromatic carbocycles. The van der Waals surface area contributed by atoms with E-state index in [2.05, 4.69) is 15.9 Å². The molecule has 0 N–H and O–H groups in total. The summed E-state index contributed by atoms with van der Waals surface area (Å²) in [6.45, 7) is 0.232. The molecular formula is C25H15BrN2O7. The Hall–Kier alpha value is -4.18. The minimum atomic E-state index is -0.873. The zero-order chi connectivity index (χ0) is 24.3. The lowest BCUT2D eigenvalue weighted by atomic mass is 9.98. The molecule has 0 saturated heterocycles. The lowest BCUT2D eigenvalue weighted by Crippen LogP contribution is -2.29. The molecule has 0 saturated carbocycles. The van der Waals surface area contributed by atoms with Gasteiger partial charge in [-0.2, -0.15) is 0 Å². The van der Waals surface area contributed by atoms with Crippen molar-refractivity contribution in [1.82, 2.24) is 4.90 Å². The molecule has 1 amide bonds. The average molecular weight is 535 g/mol. The van der Waals surface area contributed by atoms with Crippen LogP contribution in [0.5, 0.6) is 11.5 Å². The van der Waals surface area contributed by atoms with E-state index >= 15 is 0 Å². The molecule has 0 bridgehead atoms. The fourth-order valence-electron chi connectivity index (χ4n) is 4.55. The Morgan fingerprint density at radius 3 is 2.69 bits per heavy atom. The lowest BCUT2D eigenvalue weighted by molar-refractivity contribution is -0.384. The van der Waals surface area contributed by atoms with Crippen LogP contribution in [0.15, 0.2) is 74.3 Å². The van der Waals surface area contributed by atoms with E-state index in [1.807, 2.05) is 0 Å². The SMILES string of the molecule is O=C1c2oc3ccc(Br)cc3c(=O)c2[C@@H](c2cccc([N+](=O)[O-])c2)N1Cc1ccc2c(c1)OCO2. The molecule has 0 aliphatic carbocycles. The maximum Gasteiger partial charge on any atom is 0.291 e. The number of hydrogen-bond acceptors (Lipinski definition) is 7. The molecule has 3 heterocycles. The first-order valence-electron chi connectivity index (χ1n) is 10.6. The summed E-state index contributed by atoms with van der Waals surface area (Å²) in [6, 6.07) is 15.4. The van der Waals surface area contributed by atoms with Gasteiger partial charge >= 0.3 is 0 Å². The van der Waals surface area contributed by atoms with Crippen LogP contribution in [0.1, 0.15) is 33.3 Å². The number of benzene rings is 3. The molecule has 174 valence electrons. The summed E-state index contributed by atoms with van der Waals surface area (Å²) in [5.41, 5.74) is 1.12. The predicted molar refractivity (Wildman–Crippen MR) is 128 cm³/mol. The second-order valence-electron chi connectivity index (χ2n) is 8.19. The minimum absolute atomic E-state index is 0.0675. The Balaban J connectivity index is 1.54. The summed E-state index contributed by atoms with van der Waals surface area (Å²) >= 11 is 3.37. The normalized spacial score (nSPS) is 16.1. The van der Waals surface area contributed by atoms with E-state index in [9.17, 15) is 19.7 Å². The van der Waals surface area contributed by atoms with Gasteiger partial charge in [0.1, 0.15) is 5.58 Å². The minimum Gasteiger partial charge on any atom is -0.454 e. The number of hydrogen-bond donors (Lipinski definition) is 0. The number of ether oxygens (including phenoxy) is 2. The largest absolute Gasteiger partial charge is 0.454 e. The number of nitro groups is 1. The Bertz CT molecular complexity index is 1610. The summed E-state index contributed by atoms with van der Waals surface area (Å²) in [7, 11) is 0. The molecule has 0 spiro atoms. The zero-order valence-corrected chi connectivity index (χ0v) is 19.5. The van der Waals surface area contributed by atoms with E-state index in [1.54, 1.807) is 42.5 Å². The van der Waals surface area contributed by atoms with Crippen molar-refractivity contribution in [3.8, 4) is 11.5 Å². The van der Waals surface area contributed by atoms with E-state index in [1.165, 1.54) is 23.1 Å². The Morgan fingerprint density at radius 2 is 1.86 bits per heavy atom. The van der Waals surface area contributed by atoms with Gasteiger partial charge in [0.2, 0.25) is 12.6 Å². The second-order valence-corrected chi connectivity index (χ2v) is 9.11. The molecule has 1 aromatic heterocycles. The van der Waals surface area contributed by atoms with Gasteiger partial charge in [-0.05, 0) is 41.5 Å². The number of halogens is 1. The molecule has 9 nitrogen and oxygen atoms in total. The van der Waals surface area contributed by atoms with Crippen LogP contribution in [0.4, 0.5) is 5.69 Å². The third-order valence-corrected chi connectivity index (χ3v) is 6.61. The van der Waals surface area contributed by atoms with E-state index in [0.29, 0.717) is 26.9 Å². The van der Waals surface area contributed by atoms with Gasteiger partial charge in [-0.1, -0.05) is 34.1 Å². The van der Waals surface area contributed by atoms with Crippen molar-refractivity contribution in [3.05, 3.63) is 108 Å². The summed E-state index contributed by atoms with van der Waals surface area (Å²) in [5.74, 6) is 0.621. The standard InChI is InChI=1S/C25H15BrN2O7/c26-15-5-7-18-17(10-15)23(29)21-22(14-2-1-3-16(9-14)28(31)32)27(25(30)24(21)35-18)11-13-4-6-19-20(8-13)34-12-33-19/h1-10,22H,11-12H2/t22-/m1/s1. The van der Waals surface area contributed by atoms with Gasteiger partial charge in [-0.3, -0.25) is 19.7 Å². The number of rotatable bonds is 4. The number of nitrogens with zero attached hydrogens (tertiary/aromatic N) is 2. The van der Waals surface area contributed by atoms with Gasteiger partial charge in [-0.15, -0.1) is 0 Å². The Morgan fingerprint density at radius 1 is 1.03 bits per heavy atom. The summed E-state index contributed by atoms with van der Waals surface area (Å²) in [5, 5.41) is 11.8. The molecule has 10 heteroatoms. The van der Waals surface area contributed by atoms with E-state index < -0.39 is 16.9 Å². The topological polar surface area (TPSA) is 112 Å². The molecule has 6 rings (SSSR count). The first-order chi connectivity index (χ1) is 16.9. The highest BCUT2D eigenvalue weighted by atomic mass is 79.9. The number of carbonyl (C=O) groups excluding carboxylic acids is 1. The smallest absolute Gasteiger partial charge is 0.291 e. The molecule has 35 heavy (non-hydrogen) atoms. The lowest BCUT2D eigenvalue weighted by Gasteiger charge is -2.25. The molecule has 1 atom stereocenters. The van der Waals surface area contributed by atoms with Crippen LogP contribution in [0.3, 0.4) is 0 Å². The van der Waals surface area contributed by atoms with Crippen LogP contribution in [-0.4, -0.2) is 22.5 Å². The summed E-state index contributed by atoms with van der Waals surface area (Å²) < 4.78 is 17.4. The van der Waals surface area contributed by atoms with E-state index in [-0.39, 0.29) is 41.4 Å².